The van der Waals surface area contributed by atoms with E-state index in [2.05, 4.69) is 23.8 Å². The van der Waals surface area contributed by atoms with Crippen LogP contribution in [0.1, 0.15) is 24.5 Å². The molecule has 0 spiro atoms. The predicted molar refractivity (Wildman–Crippen MR) is 84.3 cm³/mol. The molecule has 1 atom stereocenters. The van der Waals surface area contributed by atoms with Crippen LogP contribution in [0.5, 0.6) is 0 Å². The number of nitrogens with zero attached hydrogens (tertiary/aromatic N) is 2. The van der Waals surface area contributed by atoms with Gasteiger partial charge in [-0.1, -0.05) is 12.2 Å². The van der Waals surface area contributed by atoms with E-state index in [1.54, 1.807) is 12.1 Å². The molecule has 0 aliphatic carbocycles. The van der Waals surface area contributed by atoms with E-state index < -0.39 is 0 Å². The smallest absolute Gasteiger partial charge is 0.123 e. The van der Waals surface area contributed by atoms with Gasteiger partial charge in [-0.2, -0.15) is 0 Å². The van der Waals surface area contributed by atoms with E-state index in [1.165, 1.54) is 6.07 Å². The van der Waals surface area contributed by atoms with Gasteiger partial charge >= 0.3 is 0 Å². The normalized spacial score (nSPS) is 21.6. The average Bonchev–Trinajstić information content (AvgIpc) is 2.51. The lowest BCUT2D eigenvalue weighted by Gasteiger charge is -2.28. The van der Waals surface area contributed by atoms with Crippen molar-refractivity contribution in [2.45, 2.75) is 25.9 Å². The van der Waals surface area contributed by atoms with Gasteiger partial charge in [-0.15, -0.1) is 0 Å². The molecule has 2 N–H and O–H groups in total. The van der Waals surface area contributed by atoms with Gasteiger partial charge in [-0.25, -0.2) is 4.39 Å². The Bertz CT molecular complexity index is 492. The highest BCUT2D eigenvalue weighted by atomic mass is 32.1. The lowest BCUT2D eigenvalue weighted by Crippen LogP contribution is -2.37. The second kappa shape index (κ2) is 6.61. The first kappa shape index (κ1) is 15.4. The summed E-state index contributed by atoms with van der Waals surface area (Å²) in [4.78, 5) is 5.05. The molecular weight excluding hydrogens is 273 g/mol. The molecule has 20 heavy (non-hydrogen) atoms. The third-order valence-electron chi connectivity index (χ3n) is 3.89. The minimum Gasteiger partial charge on any atom is -0.389 e. The van der Waals surface area contributed by atoms with E-state index in [-0.39, 0.29) is 5.82 Å². The van der Waals surface area contributed by atoms with Crippen LogP contribution < -0.4 is 5.73 Å². The van der Waals surface area contributed by atoms with E-state index in [1.807, 2.05) is 0 Å². The fourth-order valence-electron chi connectivity index (χ4n) is 2.81. The fourth-order valence-corrected chi connectivity index (χ4v) is 3.01. The summed E-state index contributed by atoms with van der Waals surface area (Å²) in [6.07, 6.45) is 1.12. The van der Waals surface area contributed by atoms with Gasteiger partial charge in [0.2, 0.25) is 0 Å². The number of rotatable bonds is 3. The van der Waals surface area contributed by atoms with Crippen molar-refractivity contribution in [2.24, 2.45) is 5.73 Å². The van der Waals surface area contributed by atoms with Gasteiger partial charge in [-0.3, -0.25) is 4.90 Å². The van der Waals surface area contributed by atoms with Crippen LogP contribution in [0, 0.1) is 5.82 Å². The van der Waals surface area contributed by atoms with Crippen molar-refractivity contribution in [1.29, 1.82) is 0 Å². The van der Waals surface area contributed by atoms with Gasteiger partial charge in [0, 0.05) is 31.2 Å². The Morgan fingerprint density at radius 3 is 2.90 bits per heavy atom. The number of halogens is 1. The number of nitrogens with two attached hydrogens (primary N) is 1. The Kier molecular flexibility index (Phi) is 5.07. The molecule has 1 aromatic carbocycles. The van der Waals surface area contributed by atoms with Crippen LogP contribution in [0.15, 0.2) is 18.2 Å². The molecule has 0 saturated carbocycles. The summed E-state index contributed by atoms with van der Waals surface area (Å²) in [5.74, 6) is -0.236. The second-order valence-electron chi connectivity index (χ2n) is 5.60. The molecule has 1 aliphatic rings. The Labute approximate surface area is 125 Å². The van der Waals surface area contributed by atoms with Crippen LogP contribution in [0.3, 0.4) is 0 Å². The largest absolute Gasteiger partial charge is 0.389 e. The first-order chi connectivity index (χ1) is 9.47. The Hall–Kier alpha value is -1.04. The molecule has 1 fully saturated rings. The van der Waals surface area contributed by atoms with E-state index in [0.717, 1.165) is 37.2 Å². The van der Waals surface area contributed by atoms with E-state index in [0.29, 0.717) is 17.6 Å². The Balaban J connectivity index is 2.20. The molecule has 5 heteroatoms. The van der Waals surface area contributed by atoms with E-state index in [4.69, 9.17) is 18.0 Å². The number of thiocarbonyl (C=S) groups is 1. The van der Waals surface area contributed by atoms with Crippen molar-refractivity contribution in [1.82, 2.24) is 9.80 Å². The third-order valence-corrected chi connectivity index (χ3v) is 4.11. The number of hydrogen-bond acceptors (Lipinski definition) is 3. The highest BCUT2D eigenvalue weighted by Crippen LogP contribution is 2.18. The standard InChI is InChI=1S/C15H22FN3S/c1-11-9-18(2)6-3-7-19(11)10-12-8-13(16)4-5-14(12)15(17)20/h4-5,8,11H,3,6-7,9-10H2,1-2H3,(H2,17,20). The molecule has 1 aromatic rings. The zero-order valence-electron chi connectivity index (χ0n) is 12.1. The molecule has 0 bridgehead atoms. The number of benzene rings is 1. The molecule has 1 unspecified atom stereocenters. The quantitative estimate of drug-likeness (QED) is 0.865. The summed E-state index contributed by atoms with van der Waals surface area (Å²) in [5.41, 5.74) is 7.41. The summed E-state index contributed by atoms with van der Waals surface area (Å²) < 4.78 is 13.5. The van der Waals surface area contributed by atoms with Crippen LogP contribution in [0.25, 0.3) is 0 Å². The summed E-state index contributed by atoms with van der Waals surface area (Å²) in [5, 5.41) is 0. The molecule has 1 saturated heterocycles. The average molecular weight is 295 g/mol. The van der Waals surface area contributed by atoms with Crippen molar-refractivity contribution >= 4 is 17.2 Å². The summed E-state index contributed by atoms with van der Waals surface area (Å²) in [6, 6.07) is 5.08. The number of likely N-dealkylation sites (N-methyl/N-ethyl adjacent to an activating group) is 1. The maximum Gasteiger partial charge on any atom is 0.123 e. The van der Waals surface area contributed by atoms with Crippen molar-refractivity contribution in [2.75, 3.05) is 26.7 Å². The molecule has 1 aliphatic heterocycles. The van der Waals surface area contributed by atoms with Gasteiger partial charge < -0.3 is 10.6 Å². The lowest BCUT2D eigenvalue weighted by atomic mass is 10.1. The van der Waals surface area contributed by atoms with Crippen LogP contribution in [0.4, 0.5) is 4.39 Å². The minimum atomic E-state index is -0.236. The summed E-state index contributed by atoms with van der Waals surface area (Å²) >= 11 is 5.06. The summed E-state index contributed by atoms with van der Waals surface area (Å²) in [7, 11) is 2.14. The van der Waals surface area contributed by atoms with Gasteiger partial charge in [0.05, 0.1) is 0 Å². The molecule has 0 aromatic heterocycles. The van der Waals surface area contributed by atoms with Gasteiger partial charge in [0.25, 0.3) is 0 Å². The van der Waals surface area contributed by atoms with E-state index >= 15 is 0 Å². The highest BCUT2D eigenvalue weighted by Gasteiger charge is 2.21. The monoisotopic (exact) mass is 295 g/mol. The molecule has 110 valence electrons. The molecular formula is C15H22FN3S. The molecule has 0 amide bonds. The predicted octanol–water partition coefficient (Wildman–Crippen LogP) is 1.99. The van der Waals surface area contributed by atoms with Crippen molar-refractivity contribution in [3.8, 4) is 0 Å². The number of hydrogen-bond donors (Lipinski definition) is 1. The second-order valence-corrected chi connectivity index (χ2v) is 6.04. The maximum absolute atomic E-state index is 13.5. The lowest BCUT2D eigenvalue weighted by molar-refractivity contribution is 0.194. The molecule has 2 rings (SSSR count). The zero-order valence-corrected chi connectivity index (χ0v) is 12.9. The topological polar surface area (TPSA) is 32.5 Å². The van der Waals surface area contributed by atoms with Crippen LogP contribution in [-0.2, 0) is 6.54 Å². The maximum atomic E-state index is 13.5. The third kappa shape index (κ3) is 3.75. The Morgan fingerprint density at radius 1 is 1.45 bits per heavy atom. The molecule has 3 nitrogen and oxygen atoms in total. The van der Waals surface area contributed by atoms with Gasteiger partial charge in [-0.05, 0) is 50.7 Å². The molecule has 0 radical (unpaired) electrons. The zero-order chi connectivity index (χ0) is 14.7. The van der Waals surface area contributed by atoms with Crippen molar-refractivity contribution < 1.29 is 4.39 Å². The van der Waals surface area contributed by atoms with Gasteiger partial charge in [0.15, 0.2) is 0 Å². The summed E-state index contributed by atoms with van der Waals surface area (Å²) in [6.45, 7) is 6.05. The Morgan fingerprint density at radius 2 is 2.20 bits per heavy atom. The van der Waals surface area contributed by atoms with Crippen LogP contribution >= 0.6 is 12.2 Å². The van der Waals surface area contributed by atoms with Crippen molar-refractivity contribution in [3.05, 3.63) is 35.1 Å². The highest BCUT2D eigenvalue weighted by molar-refractivity contribution is 7.80. The fraction of sp³-hybridized carbons (Fsp3) is 0.533. The first-order valence-corrected chi connectivity index (χ1v) is 7.39. The van der Waals surface area contributed by atoms with Crippen molar-refractivity contribution in [3.63, 3.8) is 0 Å². The molecule has 1 heterocycles. The first-order valence-electron chi connectivity index (χ1n) is 6.98. The van der Waals surface area contributed by atoms with Crippen LogP contribution in [-0.4, -0.2) is 47.5 Å². The van der Waals surface area contributed by atoms with E-state index in [9.17, 15) is 4.39 Å². The SMILES string of the molecule is CC1CN(C)CCCN1Cc1cc(F)ccc1C(N)=S. The van der Waals surface area contributed by atoms with Crippen LogP contribution in [0.2, 0.25) is 0 Å². The minimum absolute atomic E-state index is 0.236. The van der Waals surface area contributed by atoms with Gasteiger partial charge in [0.1, 0.15) is 10.8 Å².